The van der Waals surface area contributed by atoms with E-state index in [0.29, 0.717) is 6.54 Å². The molecule has 1 heterocycles. The number of benzene rings is 2. The van der Waals surface area contributed by atoms with E-state index in [-0.39, 0.29) is 17.9 Å². The Bertz CT molecular complexity index is 1010. The number of hydrogen-bond donors (Lipinski definition) is 3. The zero-order valence-electron chi connectivity index (χ0n) is 16.5. The number of methoxy groups -OCH3 is 2. The van der Waals surface area contributed by atoms with Crippen molar-refractivity contribution in [3.63, 3.8) is 0 Å². The number of carbonyl (C=O) groups excluding carboxylic acids is 1. The van der Waals surface area contributed by atoms with Crippen molar-refractivity contribution in [3.05, 3.63) is 59.3 Å². The second kappa shape index (κ2) is 9.14. The van der Waals surface area contributed by atoms with E-state index >= 15 is 0 Å². The van der Waals surface area contributed by atoms with Crippen molar-refractivity contribution in [2.45, 2.75) is 19.3 Å². The molecular formula is C22H24N2O5. The van der Waals surface area contributed by atoms with Gasteiger partial charge in [0.1, 0.15) is 11.5 Å². The average molecular weight is 396 g/mol. The molecule has 0 atom stereocenters. The Morgan fingerprint density at radius 2 is 1.83 bits per heavy atom. The van der Waals surface area contributed by atoms with E-state index in [1.807, 2.05) is 12.1 Å². The summed E-state index contributed by atoms with van der Waals surface area (Å²) in [6.45, 7) is 0.557. The lowest BCUT2D eigenvalue weighted by Crippen LogP contribution is -2.26. The fourth-order valence-electron chi connectivity index (χ4n) is 3.18. The van der Waals surface area contributed by atoms with Gasteiger partial charge in [0.2, 0.25) is 5.91 Å². The molecule has 3 N–H and O–H groups in total. The molecule has 0 aliphatic carbocycles. The molecule has 0 spiro atoms. The SMILES string of the molecule is COc1cc(OC)c2cc(CCCNC(=O)Cc3ccc(C(=O)O)cc3)[nH]c2c1. The first-order chi connectivity index (χ1) is 14.0. The van der Waals surface area contributed by atoms with E-state index in [2.05, 4.69) is 16.4 Å². The Kier molecular flexibility index (Phi) is 6.39. The normalized spacial score (nSPS) is 10.7. The first-order valence-electron chi connectivity index (χ1n) is 9.32. The van der Waals surface area contributed by atoms with Crippen LogP contribution in [0.4, 0.5) is 0 Å². The molecule has 0 bridgehead atoms. The van der Waals surface area contributed by atoms with Gasteiger partial charge in [0.15, 0.2) is 0 Å². The number of amides is 1. The zero-order valence-corrected chi connectivity index (χ0v) is 16.5. The van der Waals surface area contributed by atoms with Gasteiger partial charge in [-0.05, 0) is 36.6 Å². The number of ether oxygens (including phenoxy) is 2. The monoisotopic (exact) mass is 396 g/mol. The minimum atomic E-state index is -0.978. The van der Waals surface area contributed by atoms with Crippen LogP contribution < -0.4 is 14.8 Å². The third-order valence-electron chi connectivity index (χ3n) is 4.70. The molecule has 3 aromatic rings. The highest BCUT2D eigenvalue weighted by Crippen LogP contribution is 2.31. The molecule has 0 saturated carbocycles. The Balaban J connectivity index is 1.49. The molecule has 7 nitrogen and oxygen atoms in total. The van der Waals surface area contributed by atoms with Crippen molar-refractivity contribution in [1.29, 1.82) is 0 Å². The summed E-state index contributed by atoms with van der Waals surface area (Å²) in [5.41, 5.74) is 3.00. The maximum atomic E-state index is 12.1. The number of carbonyl (C=O) groups is 2. The summed E-state index contributed by atoms with van der Waals surface area (Å²) in [6, 6.07) is 12.2. The molecular weight excluding hydrogens is 372 g/mol. The summed E-state index contributed by atoms with van der Waals surface area (Å²) in [4.78, 5) is 26.3. The van der Waals surface area contributed by atoms with Gasteiger partial charge in [-0.3, -0.25) is 4.79 Å². The topological polar surface area (TPSA) is 101 Å². The number of carboxylic acid groups (broad SMARTS) is 1. The van der Waals surface area contributed by atoms with E-state index < -0.39 is 5.97 Å². The van der Waals surface area contributed by atoms with Gasteiger partial charge in [-0.1, -0.05) is 12.1 Å². The first-order valence-corrected chi connectivity index (χ1v) is 9.32. The number of fused-ring (bicyclic) bond motifs is 1. The van der Waals surface area contributed by atoms with Gasteiger partial charge in [-0.15, -0.1) is 0 Å². The number of H-pyrrole nitrogens is 1. The highest BCUT2D eigenvalue weighted by molar-refractivity contribution is 5.88. The number of rotatable bonds is 9. The maximum Gasteiger partial charge on any atom is 0.335 e. The number of hydrogen-bond acceptors (Lipinski definition) is 4. The number of aromatic amines is 1. The van der Waals surface area contributed by atoms with Gasteiger partial charge < -0.3 is 24.9 Å². The molecule has 29 heavy (non-hydrogen) atoms. The summed E-state index contributed by atoms with van der Waals surface area (Å²) >= 11 is 0. The van der Waals surface area contributed by atoms with Crippen molar-refractivity contribution in [1.82, 2.24) is 10.3 Å². The van der Waals surface area contributed by atoms with E-state index in [1.165, 1.54) is 12.1 Å². The number of aromatic carboxylic acids is 1. The smallest absolute Gasteiger partial charge is 0.335 e. The third kappa shape index (κ3) is 5.07. The highest BCUT2D eigenvalue weighted by Gasteiger charge is 2.10. The quantitative estimate of drug-likeness (QED) is 0.482. The standard InChI is InChI=1S/C22H24N2O5/c1-28-17-12-19-18(20(13-17)29-2)11-16(24-19)4-3-9-23-21(25)10-14-5-7-15(8-6-14)22(26)27/h5-8,11-13,24H,3-4,9-10H2,1-2H3,(H,23,25)(H,26,27). The van der Waals surface area contributed by atoms with Crippen LogP contribution in [0.15, 0.2) is 42.5 Å². The zero-order chi connectivity index (χ0) is 20.8. The third-order valence-corrected chi connectivity index (χ3v) is 4.70. The first kappa shape index (κ1) is 20.3. The molecule has 0 saturated heterocycles. The fraction of sp³-hybridized carbons (Fsp3) is 0.273. The van der Waals surface area contributed by atoms with Crippen LogP contribution in [0.25, 0.3) is 10.9 Å². The van der Waals surface area contributed by atoms with Crippen LogP contribution in [-0.2, 0) is 17.6 Å². The lowest BCUT2D eigenvalue weighted by Gasteiger charge is -2.05. The second-order valence-electron chi connectivity index (χ2n) is 6.72. The number of carboxylic acids is 1. The van der Waals surface area contributed by atoms with Crippen LogP contribution in [0.3, 0.4) is 0 Å². The Hall–Kier alpha value is -3.48. The van der Waals surface area contributed by atoms with E-state index in [0.717, 1.165) is 46.5 Å². The van der Waals surface area contributed by atoms with Crippen molar-refractivity contribution in [2.75, 3.05) is 20.8 Å². The number of aryl methyl sites for hydroxylation is 1. The largest absolute Gasteiger partial charge is 0.497 e. The lowest BCUT2D eigenvalue weighted by molar-refractivity contribution is -0.120. The van der Waals surface area contributed by atoms with Crippen LogP contribution in [0.5, 0.6) is 11.5 Å². The van der Waals surface area contributed by atoms with Crippen molar-refractivity contribution < 1.29 is 24.2 Å². The molecule has 152 valence electrons. The van der Waals surface area contributed by atoms with Crippen molar-refractivity contribution in [2.24, 2.45) is 0 Å². The van der Waals surface area contributed by atoms with Crippen LogP contribution in [0, 0.1) is 0 Å². The molecule has 0 fully saturated rings. The van der Waals surface area contributed by atoms with Crippen LogP contribution in [0.1, 0.15) is 28.0 Å². The Morgan fingerprint density at radius 3 is 2.48 bits per heavy atom. The van der Waals surface area contributed by atoms with Crippen LogP contribution >= 0.6 is 0 Å². The number of aromatic nitrogens is 1. The Morgan fingerprint density at radius 1 is 1.07 bits per heavy atom. The predicted octanol–water partition coefficient (Wildman–Crippen LogP) is 3.17. The fourth-order valence-corrected chi connectivity index (χ4v) is 3.18. The lowest BCUT2D eigenvalue weighted by atomic mass is 10.1. The van der Waals surface area contributed by atoms with E-state index in [9.17, 15) is 9.59 Å². The second-order valence-corrected chi connectivity index (χ2v) is 6.72. The van der Waals surface area contributed by atoms with Gasteiger partial charge in [0, 0.05) is 29.8 Å². The summed E-state index contributed by atoms with van der Waals surface area (Å²) in [7, 11) is 3.25. The predicted molar refractivity (Wildman–Crippen MR) is 110 cm³/mol. The minimum Gasteiger partial charge on any atom is -0.497 e. The van der Waals surface area contributed by atoms with Crippen molar-refractivity contribution in [3.8, 4) is 11.5 Å². The summed E-state index contributed by atoms with van der Waals surface area (Å²) in [5.74, 6) is 0.417. The molecule has 3 rings (SSSR count). The van der Waals surface area contributed by atoms with Gasteiger partial charge >= 0.3 is 5.97 Å². The molecule has 0 unspecified atom stereocenters. The van der Waals surface area contributed by atoms with Gasteiger partial charge in [0.25, 0.3) is 0 Å². The number of nitrogens with one attached hydrogen (secondary N) is 2. The minimum absolute atomic E-state index is 0.0869. The maximum absolute atomic E-state index is 12.1. The molecule has 0 aliphatic rings. The van der Waals surface area contributed by atoms with Gasteiger partial charge in [-0.25, -0.2) is 4.79 Å². The van der Waals surface area contributed by atoms with Crippen LogP contribution in [-0.4, -0.2) is 42.7 Å². The summed E-state index contributed by atoms with van der Waals surface area (Å²) in [6.07, 6.45) is 1.80. The molecule has 0 aliphatic heterocycles. The van der Waals surface area contributed by atoms with Gasteiger partial charge in [-0.2, -0.15) is 0 Å². The highest BCUT2D eigenvalue weighted by atomic mass is 16.5. The molecule has 0 radical (unpaired) electrons. The molecule has 1 amide bonds. The molecule has 7 heteroatoms. The summed E-state index contributed by atoms with van der Waals surface area (Å²) < 4.78 is 10.7. The van der Waals surface area contributed by atoms with E-state index in [1.54, 1.807) is 26.4 Å². The Labute approximate surface area is 168 Å². The molecule has 1 aromatic heterocycles. The van der Waals surface area contributed by atoms with Crippen LogP contribution in [0.2, 0.25) is 0 Å². The molecule has 2 aromatic carbocycles. The van der Waals surface area contributed by atoms with Gasteiger partial charge in [0.05, 0.1) is 31.7 Å². The summed E-state index contributed by atoms with van der Waals surface area (Å²) in [5, 5.41) is 12.8. The van der Waals surface area contributed by atoms with Crippen molar-refractivity contribution >= 4 is 22.8 Å². The average Bonchev–Trinajstić information content (AvgIpc) is 3.13. The van der Waals surface area contributed by atoms with E-state index in [4.69, 9.17) is 14.6 Å².